The summed E-state index contributed by atoms with van der Waals surface area (Å²) in [6.45, 7) is 14.3. The summed E-state index contributed by atoms with van der Waals surface area (Å²) in [6, 6.07) is 0. The Balaban J connectivity index is 5.25. The molecule has 0 aliphatic heterocycles. The van der Waals surface area contributed by atoms with Gasteiger partial charge in [-0.15, -0.1) is 0 Å². The molecule has 0 amide bonds. The second kappa shape index (κ2) is 69.1. The summed E-state index contributed by atoms with van der Waals surface area (Å²) in [5.41, 5.74) is 0. The van der Waals surface area contributed by atoms with E-state index in [1.165, 1.54) is 205 Å². The Bertz CT molecular complexity index is 1940. The van der Waals surface area contributed by atoms with Crippen LogP contribution in [0.4, 0.5) is 0 Å². The van der Waals surface area contributed by atoms with Gasteiger partial charge in [-0.25, -0.2) is 9.13 Å². The predicted octanol–water partition coefficient (Wildman–Crippen LogP) is 23.6. The molecule has 0 aliphatic carbocycles. The summed E-state index contributed by atoms with van der Waals surface area (Å²) in [7, 11) is -9.92. The van der Waals surface area contributed by atoms with Crippen molar-refractivity contribution in [1.82, 2.24) is 0 Å². The van der Waals surface area contributed by atoms with Crippen molar-refractivity contribution >= 4 is 39.5 Å². The maximum absolute atomic E-state index is 13.1. The normalized spacial score (nSPS) is 14.3. The van der Waals surface area contributed by atoms with Crippen LogP contribution in [0.2, 0.25) is 0 Å². The summed E-state index contributed by atoms with van der Waals surface area (Å²) < 4.78 is 68.7. The Labute approximate surface area is 607 Å². The summed E-state index contributed by atoms with van der Waals surface area (Å²) in [4.78, 5) is 73.0. The van der Waals surface area contributed by atoms with Crippen molar-refractivity contribution in [2.45, 2.75) is 427 Å². The topological polar surface area (TPSA) is 237 Å². The van der Waals surface area contributed by atoms with E-state index in [0.29, 0.717) is 31.6 Å². The highest BCUT2D eigenvalue weighted by atomic mass is 31.2. The number of phosphoric acid groups is 2. The fraction of sp³-hybridized carbons (Fsp3) is 0.950. The van der Waals surface area contributed by atoms with Crippen molar-refractivity contribution < 1.29 is 80.2 Å². The molecule has 0 aromatic carbocycles. The average Bonchev–Trinajstić information content (AvgIpc) is 1.20. The number of carbonyl (C=O) groups excluding carboxylic acids is 4. The number of esters is 4. The van der Waals surface area contributed by atoms with E-state index >= 15 is 0 Å². The van der Waals surface area contributed by atoms with Gasteiger partial charge in [-0.3, -0.25) is 37.3 Å². The van der Waals surface area contributed by atoms with Crippen LogP contribution in [0, 0.1) is 23.7 Å². The second-order valence-corrected chi connectivity index (χ2v) is 33.4. The van der Waals surface area contributed by atoms with Crippen molar-refractivity contribution in [3.8, 4) is 0 Å². The molecule has 588 valence electrons. The molecule has 0 aromatic heterocycles. The molecule has 0 fully saturated rings. The zero-order valence-electron chi connectivity index (χ0n) is 65.1. The first-order valence-electron chi connectivity index (χ1n) is 41.2. The van der Waals surface area contributed by atoms with Gasteiger partial charge in [0.05, 0.1) is 26.4 Å². The van der Waals surface area contributed by atoms with Gasteiger partial charge in [0.25, 0.3) is 0 Å². The van der Waals surface area contributed by atoms with E-state index < -0.39 is 97.5 Å². The molecule has 3 N–H and O–H groups in total. The van der Waals surface area contributed by atoms with E-state index in [4.69, 9.17) is 37.0 Å². The summed E-state index contributed by atoms with van der Waals surface area (Å²) in [5.74, 6) is 0.997. The monoisotopic (exact) mass is 1450 g/mol. The maximum Gasteiger partial charge on any atom is 0.472 e. The number of unbranched alkanes of at least 4 members (excludes halogenated alkanes) is 42. The Morgan fingerprint density at radius 3 is 0.717 bits per heavy atom. The fourth-order valence-electron chi connectivity index (χ4n) is 12.2. The second-order valence-electron chi connectivity index (χ2n) is 30.5. The first kappa shape index (κ1) is 97.1. The molecule has 0 bridgehead atoms. The lowest BCUT2D eigenvalue weighted by Crippen LogP contribution is -2.30. The van der Waals surface area contributed by atoms with Gasteiger partial charge in [0, 0.05) is 25.7 Å². The van der Waals surface area contributed by atoms with Gasteiger partial charge in [0.1, 0.15) is 19.3 Å². The van der Waals surface area contributed by atoms with E-state index in [2.05, 4.69) is 55.4 Å². The molecule has 4 unspecified atom stereocenters. The van der Waals surface area contributed by atoms with Crippen molar-refractivity contribution in [3.05, 3.63) is 0 Å². The van der Waals surface area contributed by atoms with Gasteiger partial charge in [-0.1, -0.05) is 357 Å². The highest BCUT2D eigenvalue weighted by Crippen LogP contribution is 2.45. The fourth-order valence-corrected chi connectivity index (χ4v) is 13.8. The lowest BCUT2D eigenvalue weighted by Gasteiger charge is -2.21. The largest absolute Gasteiger partial charge is 0.472 e. The number of hydrogen-bond donors (Lipinski definition) is 3. The van der Waals surface area contributed by atoms with E-state index in [9.17, 15) is 43.2 Å². The van der Waals surface area contributed by atoms with Crippen LogP contribution >= 0.6 is 15.6 Å². The number of aliphatic hydroxyl groups is 1. The maximum atomic E-state index is 13.1. The van der Waals surface area contributed by atoms with Crippen LogP contribution in [-0.2, 0) is 65.4 Å². The van der Waals surface area contributed by atoms with Crippen molar-refractivity contribution in [1.29, 1.82) is 0 Å². The lowest BCUT2D eigenvalue weighted by atomic mass is 9.99. The van der Waals surface area contributed by atoms with Gasteiger partial charge >= 0.3 is 39.5 Å². The number of rotatable bonds is 77. The smallest absolute Gasteiger partial charge is 0.462 e. The Morgan fingerprint density at radius 2 is 0.485 bits per heavy atom. The molecule has 0 saturated heterocycles. The molecule has 0 saturated carbocycles. The van der Waals surface area contributed by atoms with Crippen molar-refractivity contribution in [2.24, 2.45) is 23.7 Å². The number of ether oxygens (including phenoxy) is 4. The molecule has 17 nitrogen and oxygen atoms in total. The number of hydrogen-bond acceptors (Lipinski definition) is 15. The first-order chi connectivity index (χ1) is 47.6. The predicted molar refractivity (Wildman–Crippen MR) is 404 cm³/mol. The molecule has 0 spiro atoms. The highest BCUT2D eigenvalue weighted by molar-refractivity contribution is 7.47. The Morgan fingerprint density at radius 1 is 0.283 bits per heavy atom. The molecule has 0 aliphatic rings. The van der Waals surface area contributed by atoms with Crippen LogP contribution in [0.5, 0.6) is 0 Å². The average molecular weight is 1450 g/mol. The van der Waals surface area contributed by atoms with E-state index in [0.717, 1.165) is 114 Å². The van der Waals surface area contributed by atoms with Crippen molar-refractivity contribution in [3.63, 3.8) is 0 Å². The minimum atomic E-state index is -4.96. The quantitative estimate of drug-likeness (QED) is 0.0222. The summed E-state index contributed by atoms with van der Waals surface area (Å²) >= 11 is 0. The first-order valence-corrected chi connectivity index (χ1v) is 44.2. The SMILES string of the molecule is CCC(C)CCCCCCCCCCCCC(=O)OC[C@H](COP(=O)(O)OCC(O)COP(=O)(O)OC[C@@H](COC(=O)CCCCCCCCCC(C)C)OC(=O)CCCCCCCCCCCCCCCCC(C)C)OC(=O)CCCCCCCCCCCCCCCCCC(C)C. The third kappa shape index (κ3) is 72.8. The van der Waals surface area contributed by atoms with E-state index in [-0.39, 0.29) is 25.7 Å². The highest BCUT2D eigenvalue weighted by Gasteiger charge is 2.30. The van der Waals surface area contributed by atoms with Gasteiger partial charge in [-0.2, -0.15) is 0 Å². The third-order valence-electron chi connectivity index (χ3n) is 18.9. The van der Waals surface area contributed by atoms with Gasteiger partial charge in [0.15, 0.2) is 12.2 Å². The molecular weight excluding hydrogens is 1290 g/mol. The molecule has 0 rings (SSSR count). The Hall–Kier alpha value is -1.94. The lowest BCUT2D eigenvalue weighted by molar-refractivity contribution is -0.161. The van der Waals surface area contributed by atoms with E-state index in [1.807, 2.05) is 0 Å². The summed E-state index contributed by atoms with van der Waals surface area (Å²) in [5, 5.41) is 10.6. The van der Waals surface area contributed by atoms with Crippen LogP contribution in [-0.4, -0.2) is 96.7 Å². The van der Waals surface area contributed by atoms with E-state index in [1.54, 1.807) is 0 Å². The number of carbonyl (C=O) groups is 4. The van der Waals surface area contributed by atoms with Gasteiger partial charge in [-0.05, 0) is 49.4 Å². The Kier molecular flexibility index (Phi) is 67.8. The number of aliphatic hydroxyl groups excluding tert-OH is 1. The minimum Gasteiger partial charge on any atom is -0.462 e. The molecule has 19 heteroatoms. The molecule has 6 atom stereocenters. The third-order valence-corrected chi connectivity index (χ3v) is 20.8. The van der Waals surface area contributed by atoms with Crippen LogP contribution in [0.1, 0.15) is 409 Å². The van der Waals surface area contributed by atoms with Crippen LogP contribution in [0.25, 0.3) is 0 Å². The molecule has 99 heavy (non-hydrogen) atoms. The molecule has 0 heterocycles. The van der Waals surface area contributed by atoms with Gasteiger partial charge in [0.2, 0.25) is 0 Å². The zero-order valence-corrected chi connectivity index (χ0v) is 66.9. The van der Waals surface area contributed by atoms with Crippen LogP contribution in [0.3, 0.4) is 0 Å². The van der Waals surface area contributed by atoms with Crippen LogP contribution < -0.4 is 0 Å². The zero-order chi connectivity index (χ0) is 73.1. The van der Waals surface area contributed by atoms with Crippen LogP contribution in [0.15, 0.2) is 0 Å². The molecular formula is C80H156O17P2. The molecule has 0 aromatic rings. The summed E-state index contributed by atoms with van der Waals surface area (Å²) in [6.07, 6.45) is 55.5. The standard InChI is InChI=1S/C80H156O17P2/c1-9-73(8)59-51-43-35-27-23-24-28-36-44-52-60-77(82)90-66-75(96-79(84)62-54-46-37-29-21-17-12-10-11-15-19-25-32-40-48-56-70(2)3)68-94-98(86,87)92-64-74(81)65-93-99(88,89)95-69-76(67-91-78(83)61-53-45-39-31-34-42-50-58-72(6)7)97-80(85)63-55-47-38-30-22-18-14-13-16-20-26-33-41-49-57-71(4)5/h70-76,81H,9-69H2,1-8H3,(H,86,87)(H,88,89)/t73?,74?,75-,76-/m1/s1. The van der Waals surface area contributed by atoms with Crippen molar-refractivity contribution in [2.75, 3.05) is 39.6 Å². The minimum absolute atomic E-state index is 0.106. The van der Waals surface area contributed by atoms with Gasteiger partial charge < -0.3 is 33.8 Å². The number of phosphoric ester groups is 2. The molecule has 0 radical (unpaired) electrons.